The second-order valence-corrected chi connectivity index (χ2v) is 6.33. The number of carbonyl (C=O) groups is 2. The van der Waals surface area contributed by atoms with Crippen LogP contribution >= 0.6 is 0 Å². The second-order valence-electron chi connectivity index (χ2n) is 6.33. The van der Waals surface area contributed by atoms with Crippen LogP contribution in [0.4, 0.5) is 0 Å². The number of rotatable bonds is 4. The number of amides is 1. The van der Waals surface area contributed by atoms with E-state index < -0.39 is 5.97 Å². The lowest BCUT2D eigenvalue weighted by atomic mass is 10.00. The topological polar surface area (TPSA) is 65.1 Å². The summed E-state index contributed by atoms with van der Waals surface area (Å²) in [5.74, 6) is 0.342. The summed E-state index contributed by atoms with van der Waals surface area (Å²) in [5.41, 5.74) is 2.74. The molecule has 6 nitrogen and oxygen atoms in total. The molecule has 6 heteroatoms. The summed E-state index contributed by atoms with van der Waals surface area (Å²) in [7, 11) is 0. The van der Waals surface area contributed by atoms with E-state index in [-0.39, 0.29) is 19.3 Å². The van der Waals surface area contributed by atoms with E-state index in [1.54, 1.807) is 23.1 Å². The van der Waals surface area contributed by atoms with Crippen LogP contribution in [-0.4, -0.2) is 43.3 Å². The van der Waals surface area contributed by atoms with Gasteiger partial charge in [0.1, 0.15) is 0 Å². The van der Waals surface area contributed by atoms with E-state index >= 15 is 0 Å². The molecule has 0 N–H and O–H groups in total. The highest BCUT2D eigenvalue weighted by Crippen LogP contribution is 2.32. The lowest BCUT2D eigenvalue weighted by molar-refractivity contribution is -0.134. The molecule has 0 aliphatic carbocycles. The van der Waals surface area contributed by atoms with Gasteiger partial charge < -0.3 is 19.1 Å². The molecular formula is C21H19NO5. The predicted octanol–water partition coefficient (Wildman–Crippen LogP) is 2.89. The van der Waals surface area contributed by atoms with Gasteiger partial charge in [0, 0.05) is 13.1 Å². The van der Waals surface area contributed by atoms with Crippen LogP contribution < -0.4 is 9.47 Å². The molecular weight excluding hydrogens is 346 g/mol. The monoisotopic (exact) mass is 365 g/mol. The first kappa shape index (κ1) is 17.1. The number of fused-ring (bicyclic) bond motifs is 1. The van der Waals surface area contributed by atoms with Crippen LogP contribution in [0.3, 0.4) is 0 Å². The molecule has 2 aliphatic rings. The summed E-state index contributed by atoms with van der Waals surface area (Å²) < 4.78 is 15.6. The average molecular weight is 365 g/mol. The van der Waals surface area contributed by atoms with Gasteiger partial charge in [0.15, 0.2) is 18.1 Å². The van der Waals surface area contributed by atoms with E-state index in [2.05, 4.69) is 18.2 Å². The molecule has 0 saturated heterocycles. The van der Waals surface area contributed by atoms with Crippen molar-refractivity contribution in [1.82, 2.24) is 4.90 Å². The van der Waals surface area contributed by atoms with Crippen LogP contribution in [0.15, 0.2) is 54.6 Å². The van der Waals surface area contributed by atoms with E-state index in [1.165, 1.54) is 11.1 Å². The Balaban J connectivity index is 1.31. The summed E-state index contributed by atoms with van der Waals surface area (Å²) >= 11 is 0. The molecule has 0 bridgehead atoms. The van der Waals surface area contributed by atoms with Crippen molar-refractivity contribution in [1.29, 1.82) is 0 Å². The van der Waals surface area contributed by atoms with Gasteiger partial charge in [-0.3, -0.25) is 4.79 Å². The normalized spacial score (nSPS) is 15.3. The molecule has 0 atom stereocenters. The lowest BCUT2D eigenvalue weighted by Crippen LogP contribution is -2.37. The Morgan fingerprint density at radius 2 is 1.85 bits per heavy atom. The van der Waals surface area contributed by atoms with E-state index in [0.29, 0.717) is 30.2 Å². The molecule has 27 heavy (non-hydrogen) atoms. The summed E-state index contributed by atoms with van der Waals surface area (Å²) in [6, 6.07) is 14.9. The quantitative estimate of drug-likeness (QED) is 0.780. The molecule has 2 aromatic carbocycles. The Kier molecular flexibility index (Phi) is 4.78. The van der Waals surface area contributed by atoms with E-state index in [9.17, 15) is 9.59 Å². The number of esters is 1. The Morgan fingerprint density at radius 1 is 1.04 bits per heavy atom. The number of nitrogens with zero attached hydrogens (tertiary/aromatic N) is 1. The highest BCUT2D eigenvalue weighted by atomic mass is 16.7. The van der Waals surface area contributed by atoms with Crippen LogP contribution in [0.5, 0.6) is 11.5 Å². The first-order valence-electron chi connectivity index (χ1n) is 8.80. The highest BCUT2D eigenvalue weighted by molar-refractivity contribution is 5.92. The molecule has 2 aliphatic heterocycles. The van der Waals surface area contributed by atoms with E-state index in [4.69, 9.17) is 14.2 Å². The number of carbonyl (C=O) groups excluding carboxylic acids is 2. The van der Waals surface area contributed by atoms with Gasteiger partial charge in [0.25, 0.3) is 5.91 Å². The molecule has 0 fully saturated rings. The van der Waals surface area contributed by atoms with Crippen molar-refractivity contribution in [3.05, 3.63) is 65.7 Å². The molecule has 2 heterocycles. The smallest absolute Gasteiger partial charge is 0.338 e. The number of hydrogen-bond acceptors (Lipinski definition) is 5. The Morgan fingerprint density at radius 3 is 2.63 bits per heavy atom. The molecule has 1 amide bonds. The molecule has 0 radical (unpaired) electrons. The van der Waals surface area contributed by atoms with Crippen molar-refractivity contribution in [2.24, 2.45) is 0 Å². The number of hydrogen-bond donors (Lipinski definition) is 0. The van der Waals surface area contributed by atoms with Gasteiger partial charge in [0.2, 0.25) is 6.79 Å². The van der Waals surface area contributed by atoms with Gasteiger partial charge in [-0.1, -0.05) is 36.4 Å². The van der Waals surface area contributed by atoms with Crippen LogP contribution in [0.1, 0.15) is 22.3 Å². The van der Waals surface area contributed by atoms with Gasteiger partial charge in [-0.2, -0.15) is 0 Å². The Bertz CT molecular complexity index is 891. The predicted molar refractivity (Wildman–Crippen MR) is 98.5 cm³/mol. The van der Waals surface area contributed by atoms with Crippen molar-refractivity contribution in [2.75, 3.05) is 26.5 Å². The summed E-state index contributed by atoms with van der Waals surface area (Å²) in [6.07, 6.45) is 2.84. The second kappa shape index (κ2) is 7.53. The Labute approximate surface area is 156 Å². The molecule has 138 valence electrons. The molecule has 2 aromatic rings. The van der Waals surface area contributed by atoms with Crippen LogP contribution in [-0.2, 0) is 9.53 Å². The minimum atomic E-state index is -0.556. The van der Waals surface area contributed by atoms with Crippen molar-refractivity contribution in [2.45, 2.75) is 6.42 Å². The molecule has 0 spiro atoms. The molecule has 4 rings (SSSR count). The maximum Gasteiger partial charge on any atom is 0.338 e. The van der Waals surface area contributed by atoms with Gasteiger partial charge in [-0.15, -0.1) is 0 Å². The third-order valence-electron chi connectivity index (χ3n) is 4.64. The maximum atomic E-state index is 12.3. The first-order chi connectivity index (χ1) is 13.2. The Hall–Kier alpha value is -3.28. The standard InChI is InChI=1S/C21H19NO5/c23-20(22-10-8-16(9-11-22)15-4-2-1-3-5-15)13-25-21(24)17-6-7-18-19(12-17)27-14-26-18/h1-8,12H,9-11,13-14H2. The minimum absolute atomic E-state index is 0.139. The third kappa shape index (κ3) is 3.79. The van der Waals surface area contributed by atoms with Crippen LogP contribution in [0, 0.1) is 0 Å². The van der Waals surface area contributed by atoms with Crippen molar-refractivity contribution < 1.29 is 23.8 Å². The fourth-order valence-electron chi connectivity index (χ4n) is 3.14. The molecule has 0 aromatic heterocycles. The van der Waals surface area contributed by atoms with Crippen LogP contribution in [0.2, 0.25) is 0 Å². The highest BCUT2D eigenvalue weighted by Gasteiger charge is 2.21. The van der Waals surface area contributed by atoms with Gasteiger partial charge in [-0.05, 0) is 35.8 Å². The zero-order valence-electron chi connectivity index (χ0n) is 14.7. The maximum absolute atomic E-state index is 12.3. The summed E-state index contributed by atoms with van der Waals surface area (Å²) in [6.45, 7) is 0.993. The first-order valence-corrected chi connectivity index (χ1v) is 8.80. The van der Waals surface area contributed by atoms with Crippen molar-refractivity contribution in [3.8, 4) is 11.5 Å². The zero-order valence-corrected chi connectivity index (χ0v) is 14.7. The van der Waals surface area contributed by atoms with E-state index in [1.807, 2.05) is 18.2 Å². The zero-order chi connectivity index (χ0) is 18.6. The fraction of sp³-hybridized carbons (Fsp3) is 0.238. The molecule has 0 saturated carbocycles. The third-order valence-corrected chi connectivity index (χ3v) is 4.64. The molecule has 0 unspecified atom stereocenters. The SMILES string of the molecule is O=C(OCC(=O)N1CC=C(c2ccccc2)CC1)c1ccc2c(c1)OCO2. The van der Waals surface area contributed by atoms with Gasteiger partial charge >= 0.3 is 5.97 Å². The van der Waals surface area contributed by atoms with Crippen molar-refractivity contribution in [3.63, 3.8) is 0 Å². The largest absolute Gasteiger partial charge is 0.454 e. The lowest BCUT2D eigenvalue weighted by Gasteiger charge is -2.26. The van der Waals surface area contributed by atoms with Gasteiger partial charge in [0.05, 0.1) is 5.56 Å². The fourth-order valence-corrected chi connectivity index (χ4v) is 3.14. The average Bonchev–Trinajstić information content (AvgIpc) is 3.20. The summed E-state index contributed by atoms with van der Waals surface area (Å²) in [4.78, 5) is 26.2. The summed E-state index contributed by atoms with van der Waals surface area (Å²) in [5, 5.41) is 0. The van der Waals surface area contributed by atoms with Gasteiger partial charge in [-0.25, -0.2) is 4.79 Å². The number of ether oxygens (including phenoxy) is 3. The van der Waals surface area contributed by atoms with Crippen molar-refractivity contribution >= 4 is 17.4 Å². The van der Waals surface area contributed by atoms with E-state index in [0.717, 1.165) is 6.42 Å². The van der Waals surface area contributed by atoms with Crippen LogP contribution in [0.25, 0.3) is 5.57 Å². The number of benzene rings is 2. The minimum Gasteiger partial charge on any atom is -0.454 e.